The van der Waals surface area contributed by atoms with Crippen molar-refractivity contribution in [3.63, 3.8) is 0 Å². The van der Waals surface area contributed by atoms with Gasteiger partial charge in [0.2, 0.25) is 0 Å². The van der Waals surface area contributed by atoms with Gasteiger partial charge in [0.05, 0.1) is 11.8 Å². The fourth-order valence-electron chi connectivity index (χ4n) is 2.68. The molecule has 2 atom stereocenters. The lowest BCUT2D eigenvalue weighted by molar-refractivity contribution is -0.146. The summed E-state index contributed by atoms with van der Waals surface area (Å²) in [6.45, 7) is 2.56. The summed E-state index contributed by atoms with van der Waals surface area (Å²) in [6.07, 6.45) is 2.13. The highest BCUT2D eigenvalue weighted by Crippen LogP contribution is 2.39. The summed E-state index contributed by atoms with van der Waals surface area (Å²) in [4.78, 5) is 23.8. The summed E-state index contributed by atoms with van der Waals surface area (Å²) in [5.74, 6) is -0.865. The molecule has 0 aliphatic carbocycles. The highest BCUT2D eigenvalue weighted by atomic mass is 16.6. The van der Waals surface area contributed by atoms with Crippen molar-refractivity contribution in [1.82, 2.24) is 14.6 Å². The summed E-state index contributed by atoms with van der Waals surface area (Å²) < 4.78 is 12.4. The van der Waals surface area contributed by atoms with Gasteiger partial charge in [0.15, 0.2) is 11.4 Å². The number of carboxylic acid groups (broad SMARTS) is 1. The molecule has 1 aliphatic rings. The molecule has 0 radical (unpaired) electrons. The van der Waals surface area contributed by atoms with Crippen molar-refractivity contribution in [3.8, 4) is 6.07 Å². The first kappa shape index (κ1) is 19.1. The second-order valence-electron chi connectivity index (χ2n) is 5.70. The molecule has 1 saturated heterocycles. The van der Waals surface area contributed by atoms with E-state index in [1.54, 1.807) is 16.6 Å². The molecule has 2 unspecified atom stereocenters. The maximum Gasteiger partial charge on any atom is 0.302 e. The number of fused-ring (bicyclic) bond motifs is 1. The summed E-state index contributed by atoms with van der Waals surface area (Å²) in [6, 6.07) is 5.74. The molecule has 1 aliphatic heterocycles. The Bertz CT molecular complexity index is 854. The van der Waals surface area contributed by atoms with E-state index < -0.39 is 11.6 Å². The maximum atomic E-state index is 10.9. The molecule has 10 nitrogen and oxygen atoms in total. The Labute approximate surface area is 149 Å². The molecule has 0 bridgehead atoms. The lowest BCUT2D eigenvalue weighted by Crippen LogP contribution is -2.28. The summed E-state index contributed by atoms with van der Waals surface area (Å²) in [5, 5.41) is 21.2. The number of nitrogens with two attached hydrogens (primary N) is 1. The number of carbonyl (C=O) groups excluding carboxylic acids is 1. The van der Waals surface area contributed by atoms with Gasteiger partial charge in [-0.3, -0.25) is 9.59 Å². The van der Waals surface area contributed by atoms with E-state index in [2.05, 4.69) is 16.2 Å². The number of aliphatic carboxylic acids is 1. The van der Waals surface area contributed by atoms with Crippen molar-refractivity contribution in [2.24, 2.45) is 0 Å². The van der Waals surface area contributed by atoms with E-state index in [0.29, 0.717) is 29.9 Å². The van der Waals surface area contributed by atoms with E-state index in [1.165, 1.54) is 13.3 Å². The molecule has 2 aromatic rings. The normalized spacial score (nSPS) is 21.5. The van der Waals surface area contributed by atoms with Crippen LogP contribution in [0.2, 0.25) is 0 Å². The van der Waals surface area contributed by atoms with Crippen molar-refractivity contribution in [2.45, 2.75) is 38.4 Å². The first-order valence-corrected chi connectivity index (χ1v) is 7.79. The van der Waals surface area contributed by atoms with E-state index >= 15 is 0 Å². The second-order valence-corrected chi connectivity index (χ2v) is 5.70. The molecule has 2 aromatic heterocycles. The monoisotopic (exact) mass is 361 g/mol. The van der Waals surface area contributed by atoms with Crippen LogP contribution in [0, 0.1) is 11.3 Å². The number of esters is 1. The molecular weight excluding hydrogens is 342 g/mol. The number of ether oxygens (including phenoxy) is 2. The van der Waals surface area contributed by atoms with Crippen LogP contribution in [-0.2, 0) is 24.7 Å². The van der Waals surface area contributed by atoms with Crippen LogP contribution in [0.1, 0.15) is 32.4 Å². The molecular formula is C16H19N5O5. The van der Waals surface area contributed by atoms with E-state index in [9.17, 15) is 10.1 Å². The van der Waals surface area contributed by atoms with Gasteiger partial charge >= 0.3 is 5.97 Å². The van der Waals surface area contributed by atoms with Crippen LogP contribution in [0.4, 0.5) is 5.82 Å². The first-order chi connectivity index (χ1) is 12.3. The third-order valence-electron chi connectivity index (χ3n) is 3.73. The predicted octanol–water partition coefficient (Wildman–Crippen LogP) is 0.863. The number of nitriles is 1. The molecule has 138 valence electrons. The number of carbonyl (C=O) groups is 2. The van der Waals surface area contributed by atoms with Crippen LogP contribution < -0.4 is 5.73 Å². The number of nitrogens with zero attached hydrogens (tertiary/aromatic N) is 4. The minimum Gasteiger partial charge on any atom is -0.481 e. The average Bonchev–Trinajstić information content (AvgIpc) is 3.18. The molecule has 26 heavy (non-hydrogen) atoms. The van der Waals surface area contributed by atoms with Crippen LogP contribution in [0.15, 0.2) is 18.5 Å². The van der Waals surface area contributed by atoms with Gasteiger partial charge in [-0.05, 0) is 25.0 Å². The maximum absolute atomic E-state index is 10.9. The Morgan fingerprint density at radius 3 is 2.85 bits per heavy atom. The number of hydrogen-bond donors (Lipinski definition) is 2. The van der Waals surface area contributed by atoms with Crippen LogP contribution in [0.5, 0.6) is 0 Å². The van der Waals surface area contributed by atoms with Gasteiger partial charge in [-0.1, -0.05) is 0 Å². The fraction of sp³-hybridized carbons (Fsp3) is 0.438. The van der Waals surface area contributed by atoms with Crippen LogP contribution in [-0.4, -0.2) is 44.4 Å². The van der Waals surface area contributed by atoms with Crippen molar-refractivity contribution >= 4 is 23.3 Å². The topological polar surface area (TPSA) is 153 Å². The van der Waals surface area contributed by atoms with Crippen LogP contribution in [0.25, 0.3) is 5.52 Å². The molecule has 3 N–H and O–H groups in total. The molecule has 0 amide bonds. The minimum atomic E-state index is -1.13. The van der Waals surface area contributed by atoms with Crippen molar-refractivity contribution < 1.29 is 24.2 Å². The Morgan fingerprint density at radius 1 is 1.54 bits per heavy atom. The van der Waals surface area contributed by atoms with Crippen molar-refractivity contribution in [3.05, 3.63) is 24.2 Å². The van der Waals surface area contributed by atoms with E-state index in [-0.39, 0.29) is 18.7 Å². The van der Waals surface area contributed by atoms with Crippen molar-refractivity contribution in [1.29, 1.82) is 5.26 Å². The third kappa shape index (κ3) is 4.07. The van der Waals surface area contributed by atoms with Gasteiger partial charge in [-0.15, -0.1) is 0 Å². The number of hydrogen-bond acceptors (Lipinski definition) is 8. The Morgan fingerprint density at radius 2 is 2.23 bits per heavy atom. The number of carboxylic acids is 1. The molecule has 3 heterocycles. The minimum absolute atomic E-state index is 0.138. The van der Waals surface area contributed by atoms with Crippen LogP contribution >= 0.6 is 0 Å². The number of anilines is 1. The SMILES string of the molecule is CC(=O)O.CC(=O)OCC1CCC(C#N)(c2ccc3c(N)ncnn23)O1. The van der Waals surface area contributed by atoms with Gasteiger partial charge in [0.25, 0.3) is 5.97 Å². The highest BCUT2D eigenvalue weighted by molar-refractivity contribution is 5.66. The van der Waals surface area contributed by atoms with Gasteiger partial charge in [-0.2, -0.15) is 10.4 Å². The van der Waals surface area contributed by atoms with Gasteiger partial charge < -0.3 is 20.3 Å². The first-order valence-electron chi connectivity index (χ1n) is 7.79. The highest BCUT2D eigenvalue weighted by Gasteiger charge is 2.44. The Kier molecular flexibility index (Phi) is 5.74. The Balaban J connectivity index is 0.000000552. The Hall–Kier alpha value is -3.19. The zero-order valence-electron chi connectivity index (χ0n) is 14.4. The van der Waals surface area contributed by atoms with Gasteiger partial charge in [-0.25, -0.2) is 9.50 Å². The number of rotatable bonds is 3. The van der Waals surface area contributed by atoms with Crippen LogP contribution in [0.3, 0.4) is 0 Å². The molecule has 0 aromatic carbocycles. The summed E-state index contributed by atoms with van der Waals surface area (Å²) in [7, 11) is 0. The summed E-state index contributed by atoms with van der Waals surface area (Å²) >= 11 is 0. The second kappa shape index (κ2) is 7.79. The number of nitrogen functional groups attached to an aromatic ring is 1. The molecule has 3 rings (SSSR count). The van der Waals surface area contributed by atoms with E-state index in [4.69, 9.17) is 25.1 Å². The van der Waals surface area contributed by atoms with Gasteiger partial charge in [0, 0.05) is 13.8 Å². The largest absolute Gasteiger partial charge is 0.481 e. The predicted molar refractivity (Wildman–Crippen MR) is 88.7 cm³/mol. The van der Waals surface area contributed by atoms with Crippen molar-refractivity contribution in [2.75, 3.05) is 12.3 Å². The molecule has 10 heteroatoms. The average molecular weight is 361 g/mol. The molecule has 1 fully saturated rings. The lowest BCUT2D eigenvalue weighted by atomic mass is 9.98. The van der Waals surface area contributed by atoms with E-state index in [0.717, 1.165) is 6.92 Å². The number of aromatic nitrogens is 3. The third-order valence-corrected chi connectivity index (χ3v) is 3.73. The lowest BCUT2D eigenvalue weighted by Gasteiger charge is -2.21. The molecule has 0 saturated carbocycles. The quantitative estimate of drug-likeness (QED) is 0.758. The van der Waals surface area contributed by atoms with Gasteiger partial charge in [0.1, 0.15) is 24.5 Å². The van der Waals surface area contributed by atoms with E-state index in [1.807, 2.05) is 0 Å². The summed E-state index contributed by atoms with van der Waals surface area (Å²) in [5.41, 5.74) is 5.91. The zero-order chi connectivity index (χ0) is 19.3. The zero-order valence-corrected chi connectivity index (χ0v) is 14.4. The standard InChI is InChI=1S/C14H15N5O3.C2H4O2/c1-9(20)21-6-10-4-5-14(7-15,22-10)12-3-2-11-13(16)17-8-18-19(11)12;1-2(3)4/h2-3,8,10H,4-6H2,1H3,(H2,16,17,18);1H3,(H,3,4). The fourth-order valence-corrected chi connectivity index (χ4v) is 2.68. The smallest absolute Gasteiger partial charge is 0.302 e. The molecule has 0 spiro atoms.